The molecule has 2 heterocycles. The predicted octanol–water partition coefficient (Wildman–Crippen LogP) is 3.33. The number of piperazine rings is 1. The zero-order valence-corrected chi connectivity index (χ0v) is 18.7. The normalized spacial score (nSPS) is 25.2. The first kappa shape index (κ1) is 22.2. The van der Waals surface area contributed by atoms with Gasteiger partial charge < -0.3 is 15.0 Å². The van der Waals surface area contributed by atoms with Crippen molar-refractivity contribution in [3.8, 4) is 0 Å². The third kappa shape index (κ3) is 5.09. The summed E-state index contributed by atoms with van der Waals surface area (Å²) in [6.07, 6.45) is 5.08. The van der Waals surface area contributed by atoms with E-state index in [2.05, 4.69) is 17.1 Å². The Morgan fingerprint density at radius 2 is 1.94 bits per heavy atom. The number of amides is 2. The molecule has 7 heteroatoms. The Morgan fingerprint density at radius 3 is 2.61 bits per heavy atom. The zero-order valence-electron chi connectivity index (χ0n) is 18.7. The van der Waals surface area contributed by atoms with Gasteiger partial charge in [-0.3, -0.25) is 14.5 Å². The second-order valence-electron chi connectivity index (χ2n) is 9.38. The van der Waals surface area contributed by atoms with E-state index in [-0.39, 0.29) is 29.6 Å². The molecule has 3 aliphatic rings. The van der Waals surface area contributed by atoms with Gasteiger partial charge in [0.2, 0.25) is 11.8 Å². The largest absolute Gasteiger partial charge is 0.381 e. The molecule has 2 saturated heterocycles. The Labute approximate surface area is 184 Å². The van der Waals surface area contributed by atoms with Crippen molar-refractivity contribution >= 4 is 17.5 Å². The SMILES string of the molecule is Cc1c(CN2CCN(C(=O)C3CCCC3)C(C)C2)cc(F)cc1NC(=O)C1CCOC1. The number of hydrogen-bond acceptors (Lipinski definition) is 4. The Morgan fingerprint density at radius 1 is 1.16 bits per heavy atom. The Kier molecular flexibility index (Phi) is 6.92. The minimum Gasteiger partial charge on any atom is -0.381 e. The summed E-state index contributed by atoms with van der Waals surface area (Å²) in [5.74, 6) is -0.104. The van der Waals surface area contributed by atoms with Crippen molar-refractivity contribution in [1.82, 2.24) is 9.80 Å². The summed E-state index contributed by atoms with van der Waals surface area (Å²) in [6.45, 7) is 7.93. The number of rotatable bonds is 5. The Hall–Kier alpha value is -1.99. The van der Waals surface area contributed by atoms with E-state index in [1.54, 1.807) is 6.07 Å². The minimum atomic E-state index is -0.346. The van der Waals surface area contributed by atoms with Gasteiger partial charge in [0.15, 0.2) is 0 Å². The number of carbonyl (C=O) groups is 2. The maximum atomic E-state index is 14.4. The molecule has 170 valence electrons. The highest BCUT2D eigenvalue weighted by atomic mass is 19.1. The highest BCUT2D eigenvalue weighted by molar-refractivity contribution is 5.93. The van der Waals surface area contributed by atoms with Crippen LogP contribution in [0.3, 0.4) is 0 Å². The number of nitrogens with zero attached hydrogens (tertiary/aromatic N) is 2. The molecule has 6 nitrogen and oxygen atoms in total. The van der Waals surface area contributed by atoms with Gasteiger partial charge in [0.25, 0.3) is 0 Å². The average Bonchev–Trinajstić information content (AvgIpc) is 3.45. The van der Waals surface area contributed by atoms with Crippen molar-refractivity contribution in [3.05, 3.63) is 29.1 Å². The smallest absolute Gasteiger partial charge is 0.229 e. The number of nitrogens with one attached hydrogen (secondary N) is 1. The molecule has 0 spiro atoms. The number of anilines is 1. The number of hydrogen-bond donors (Lipinski definition) is 1. The molecule has 2 amide bonds. The standard InChI is InChI=1S/C24H34FN3O3/c1-16-13-27(8-9-28(16)24(30)18-5-3-4-6-18)14-20-11-21(25)12-22(17(20)2)26-23(29)19-7-10-31-15-19/h11-12,16,18-19H,3-10,13-15H2,1-2H3,(H,26,29). The van der Waals surface area contributed by atoms with Crippen LogP contribution in [0, 0.1) is 24.6 Å². The lowest BCUT2D eigenvalue weighted by molar-refractivity contribution is -0.140. The third-order valence-electron chi connectivity index (χ3n) is 7.13. The van der Waals surface area contributed by atoms with Crippen molar-refractivity contribution in [2.75, 3.05) is 38.2 Å². The van der Waals surface area contributed by atoms with Gasteiger partial charge in [-0.15, -0.1) is 0 Å². The van der Waals surface area contributed by atoms with Crippen LogP contribution in [0.15, 0.2) is 12.1 Å². The molecule has 1 N–H and O–H groups in total. The molecule has 2 unspecified atom stereocenters. The van der Waals surface area contributed by atoms with E-state index in [9.17, 15) is 14.0 Å². The lowest BCUT2D eigenvalue weighted by Crippen LogP contribution is -2.54. The molecule has 1 aliphatic carbocycles. The third-order valence-corrected chi connectivity index (χ3v) is 7.13. The molecule has 3 fully saturated rings. The van der Waals surface area contributed by atoms with Gasteiger partial charge in [0.05, 0.1) is 12.5 Å². The second kappa shape index (κ2) is 9.65. The second-order valence-corrected chi connectivity index (χ2v) is 9.38. The van der Waals surface area contributed by atoms with Crippen LogP contribution < -0.4 is 5.32 Å². The fourth-order valence-corrected chi connectivity index (χ4v) is 5.16. The van der Waals surface area contributed by atoms with Crippen LogP contribution in [0.2, 0.25) is 0 Å². The zero-order chi connectivity index (χ0) is 22.0. The van der Waals surface area contributed by atoms with Gasteiger partial charge >= 0.3 is 0 Å². The van der Waals surface area contributed by atoms with Gasteiger partial charge in [0, 0.05) is 50.4 Å². The summed E-state index contributed by atoms with van der Waals surface area (Å²) < 4.78 is 19.7. The summed E-state index contributed by atoms with van der Waals surface area (Å²) in [7, 11) is 0. The van der Waals surface area contributed by atoms with E-state index in [1.165, 1.54) is 6.07 Å². The first-order chi connectivity index (χ1) is 14.9. The molecule has 1 saturated carbocycles. The molecule has 1 aromatic carbocycles. The first-order valence-electron chi connectivity index (χ1n) is 11.6. The highest BCUT2D eigenvalue weighted by Crippen LogP contribution is 2.29. The van der Waals surface area contributed by atoms with Crippen LogP contribution in [0.5, 0.6) is 0 Å². The Bertz CT molecular complexity index is 819. The maximum absolute atomic E-state index is 14.4. The predicted molar refractivity (Wildman–Crippen MR) is 117 cm³/mol. The van der Waals surface area contributed by atoms with E-state index in [0.717, 1.165) is 56.4 Å². The van der Waals surface area contributed by atoms with E-state index < -0.39 is 0 Å². The van der Waals surface area contributed by atoms with Crippen molar-refractivity contribution in [2.45, 2.75) is 58.5 Å². The quantitative estimate of drug-likeness (QED) is 0.777. The molecule has 31 heavy (non-hydrogen) atoms. The first-order valence-corrected chi connectivity index (χ1v) is 11.6. The molecule has 0 radical (unpaired) electrons. The number of carbonyl (C=O) groups excluding carboxylic acids is 2. The molecular formula is C24H34FN3O3. The molecule has 2 atom stereocenters. The molecule has 0 bridgehead atoms. The molecule has 2 aliphatic heterocycles. The van der Waals surface area contributed by atoms with Gasteiger partial charge in [-0.2, -0.15) is 0 Å². The highest BCUT2D eigenvalue weighted by Gasteiger charge is 2.33. The van der Waals surface area contributed by atoms with Gasteiger partial charge in [-0.25, -0.2) is 4.39 Å². The topological polar surface area (TPSA) is 61.9 Å². The van der Waals surface area contributed by atoms with Crippen LogP contribution in [-0.2, 0) is 20.9 Å². The van der Waals surface area contributed by atoms with E-state index in [0.29, 0.717) is 37.8 Å². The van der Waals surface area contributed by atoms with Crippen LogP contribution in [0.1, 0.15) is 50.2 Å². The van der Waals surface area contributed by atoms with Gasteiger partial charge in [0.1, 0.15) is 5.82 Å². The van der Waals surface area contributed by atoms with Crippen LogP contribution >= 0.6 is 0 Å². The average molecular weight is 432 g/mol. The molecule has 4 rings (SSSR count). The van der Waals surface area contributed by atoms with Gasteiger partial charge in [-0.1, -0.05) is 12.8 Å². The van der Waals surface area contributed by atoms with E-state index in [4.69, 9.17) is 4.74 Å². The summed E-state index contributed by atoms with van der Waals surface area (Å²) in [6, 6.07) is 3.11. The molecule has 0 aromatic heterocycles. The lowest BCUT2D eigenvalue weighted by atomic mass is 10.0. The summed E-state index contributed by atoms with van der Waals surface area (Å²) in [5.41, 5.74) is 2.31. The van der Waals surface area contributed by atoms with E-state index in [1.807, 2.05) is 11.8 Å². The number of benzene rings is 1. The monoisotopic (exact) mass is 431 g/mol. The van der Waals surface area contributed by atoms with Crippen LogP contribution in [-0.4, -0.2) is 60.5 Å². The number of ether oxygens (including phenoxy) is 1. The lowest BCUT2D eigenvalue weighted by Gasteiger charge is -2.41. The van der Waals surface area contributed by atoms with Crippen LogP contribution in [0.4, 0.5) is 10.1 Å². The van der Waals surface area contributed by atoms with Crippen molar-refractivity contribution < 1.29 is 18.7 Å². The molecular weight excluding hydrogens is 397 g/mol. The summed E-state index contributed by atoms with van der Waals surface area (Å²) >= 11 is 0. The Balaban J connectivity index is 1.39. The summed E-state index contributed by atoms with van der Waals surface area (Å²) in [4.78, 5) is 29.6. The minimum absolute atomic E-state index is 0.107. The fraction of sp³-hybridized carbons (Fsp3) is 0.667. The van der Waals surface area contributed by atoms with Crippen molar-refractivity contribution in [2.24, 2.45) is 11.8 Å². The van der Waals surface area contributed by atoms with E-state index >= 15 is 0 Å². The fourth-order valence-electron chi connectivity index (χ4n) is 5.16. The summed E-state index contributed by atoms with van der Waals surface area (Å²) in [5, 5.41) is 2.90. The van der Waals surface area contributed by atoms with Crippen molar-refractivity contribution in [1.29, 1.82) is 0 Å². The number of halogens is 1. The molecule has 1 aromatic rings. The van der Waals surface area contributed by atoms with Crippen LogP contribution in [0.25, 0.3) is 0 Å². The maximum Gasteiger partial charge on any atom is 0.229 e. The van der Waals surface area contributed by atoms with Gasteiger partial charge in [-0.05, 0) is 56.4 Å². The van der Waals surface area contributed by atoms with Crippen molar-refractivity contribution in [3.63, 3.8) is 0 Å².